The van der Waals surface area contributed by atoms with Crippen LogP contribution in [0.3, 0.4) is 0 Å². The minimum absolute atomic E-state index is 0.0422. The van der Waals surface area contributed by atoms with Crippen molar-refractivity contribution in [3.05, 3.63) is 29.3 Å². The van der Waals surface area contributed by atoms with Gasteiger partial charge in [0.15, 0.2) is 41.2 Å². The number of alkyl halides is 2. The smallest absolute Gasteiger partial charge is 0.393 e. The summed E-state index contributed by atoms with van der Waals surface area (Å²) in [5, 5.41) is 9.65. The first-order chi connectivity index (χ1) is 22.6. The largest absolute Gasteiger partial charge is 0.584 e. The van der Waals surface area contributed by atoms with Crippen LogP contribution in [-0.2, 0) is 44.2 Å². The molecule has 260 valence electrons. The zero-order chi connectivity index (χ0) is 34.6. The Morgan fingerprint density at radius 1 is 1.21 bits per heavy atom. The summed E-state index contributed by atoms with van der Waals surface area (Å²) < 4.78 is 78.2. The summed E-state index contributed by atoms with van der Waals surface area (Å²) in [7, 11) is -2.29. The molecule has 0 saturated carbocycles. The number of aromatic nitrogens is 8. The van der Waals surface area contributed by atoms with Gasteiger partial charge in [-0.05, 0) is 23.3 Å². The Morgan fingerprint density at radius 2 is 1.92 bits per heavy atom. The second-order valence-electron chi connectivity index (χ2n) is 10.9. The average Bonchev–Trinajstić information content (AvgIpc) is 3.76. The maximum Gasteiger partial charge on any atom is 0.584 e. The molecule has 2 saturated heterocycles. The number of aliphatic hydroxyl groups excluding tert-OH is 1. The number of nitrogens with zero attached hydrogens (tertiary/aromatic N) is 7. The molecule has 2 fully saturated rings. The van der Waals surface area contributed by atoms with Crippen molar-refractivity contribution in [3.63, 3.8) is 0 Å². The first-order valence-electron chi connectivity index (χ1n) is 13.7. The summed E-state index contributed by atoms with van der Waals surface area (Å²) in [6, 6.07) is 0. The van der Waals surface area contributed by atoms with Gasteiger partial charge in [0, 0.05) is 6.42 Å². The second-order valence-corrected chi connectivity index (χ2v) is 15.4. The lowest BCUT2D eigenvalue weighted by molar-refractivity contribution is -0.125. The van der Waals surface area contributed by atoms with E-state index in [2.05, 4.69) is 42.2 Å². The third-order valence-corrected chi connectivity index (χ3v) is 9.70. The molecule has 0 spiro atoms. The number of anilines is 2. The molecule has 0 aliphatic carbocycles. The van der Waals surface area contributed by atoms with Crippen molar-refractivity contribution >= 4 is 72.1 Å². The highest BCUT2D eigenvalue weighted by Crippen LogP contribution is 2.55. The molecule has 0 amide bonds. The number of hydrogen-bond acceptors (Lipinski definition) is 17. The van der Waals surface area contributed by atoms with Gasteiger partial charge >= 0.3 is 19.9 Å². The highest BCUT2D eigenvalue weighted by molar-refractivity contribution is 8.39. The van der Waals surface area contributed by atoms with Gasteiger partial charge in [-0.1, -0.05) is 0 Å². The number of nitrogen functional groups attached to an aromatic ring is 2. The zero-order valence-corrected chi connectivity index (χ0v) is 27.9. The van der Waals surface area contributed by atoms with Crippen molar-refractivity contribution in [2.45, 2.75) is 55.6 Å². The highest BCUT2D eigenvalue weighted by Gasteiger charge is 2.62. The fourth-order valence-corrected chi connectivity index (χ4v) is 7.11. The van der Waals surface area contributed by atoms with Crippen molar-refractivity contribution in [2.75, 3.05) is 31.5 Å². The molecule has 0 radical (unpaired) electrons. The van der Waals surface area contributed by atoms with Crippen LogP contribution >= 0.6 is 26.2 Å². The number of hydrogen-bond donors (Lipinski definition) is 6. The van der Waals surface area contributed by atoms with E-state index in [1.54, 1.807) is 6.92 Å². The van der Waals surface area contributed by atoms with Crippen molar-refractivity contribution in [3.8, 4) is 0 Å². The summed E-state index contributed by atoms with van der Waals surface area (Å²) >= 11 is 8.83. The van der Waals surface area contributed by atoms with Crippen LogP contribution in [0.5, 0.6) is 0 Å². The molecule has 8 atom stereocenters. The number of aromatic amines is 1. The SMILES string of the molecule is C[C@]1(COP(O)(=S)O[C@H]2[C@H](n3cnc4c(=O)[nH]c(N)nc43)O[C@H](CO)C2(F)F)C[C@@H](OCO[P+](=O)S)[C@H](n2cnc3c(N)ncnc32)O1. The van der Waals surface area contributed by atoms with Crippen LogP contribution in [0.25, 0.3) is 22.3 Å². The van der Waals surface area contributed by atoms with Gasteiger partial charge in [-0.25, -0.2) is 28.7 Å². The van der Waals surface area contributed by atoms with E-state index in [4.69, 9.17) is 51.1 Å². The van der Waals surface area contributed by atoms with Gasteiger partial charge in [-0.3, -0.25) is 23.4 Å². The predicted octanol–water partition coefficient (Wildman–Crippen LogP) is 0.892. The third-order valence-electron chi connectivity index (χ3n) is 7.50. The molecule has 0 bridgehead atoms. The molecule has 6 heterocycles. The number of ether oxygens (including phenoxy) is 3. The summed E-state index contributed by atoms with van der Waals surface area (Å²) in [5.74, 6) is -4.16. The van der Waals surface area contributed by atoms with Gasteiger partial charge in [-0.15, -0.1) is 4.52 Å². The fraction of sp³-hybridized carbons (Fsp3) is 0.545. The summed E-state index contributed by atoms with van der Waals surface area (Å²) in [6.07, 6.45) is -4.39. The van der Waals surface area contributed by atoms with Gasteiger partial charge in [0.25, 0.3) is 5.56 Å². The molecule has 2 aliphatic heterocycles. The van der Waals surface area contributed by atoms with Crippen molar-refractivity contribution in [1.29, 1.82) is 0 Å². The normalized spacial score (nSPS) is 28.7. The van der Waals surface area contributed by atoms with Crippen molar-refractivity contribution < 1.29 is 51.1 Å². The number of fused-ring (bicyclic) bond motifs is 2. The minimum atomic E-state index is -4.56. The molecule has 4 aromatic rings. The van der Waals surface area contributed by atoms with Crippen molar-refractivity contribution in [1.82, 2.24) is 39.0 Å². The number of halogens is 2. The fourth-order valence-electron chi connectivity index (χ4n) is 5.35. The zero-order valence-electron chi connectivity index (χ0n) is 24.4. The van der Waals surface area contributed by atoms with Crippen LogP contribution in [0.4, 0.5) is 20.5 Å². The Bertz CT molecular complexity index is 1970. The molecule has 6 rings (SSSR count). The van der Waals surface area contributed by atoms with Gasteiger partial charge in [0.1, 0.15) is 36.3 Å². The maximum absolute atomic E-state index is 15.6. The van der Waals surface area contributed by atoms with Crippen LogP contribution in [0.15, 0.2) is 23.8 Å². The molecule has 0 aromatic carbocycles. The minimum Gasteiger partial charge on any atom is -0.393 e. The summed E-state index contributed by atoms with van der Waals surface area (Å²) in [4.78, 5) is 45.8. The van der Waals surface area contributed by atoms with E-state index in [1.807, 2.05) is 0 Å². The highest BCUT2D eigenvalue weighted by atomic mass is 32.7. The number of H-pyrrole nitrogens is 1. The molecular formula is C22H27F2N10O10P2S2+. The molecule has 4 aromatic heterocycles. The van der Waals surface area contributed by atoms with Gasteiger partial charge in [-0.2, -0.15) is 4.98 Å². The summed E-state index contributed by atoms with van der Waals surface area (Å²) in [5.41, 5.74) is 9.59. The molecular weight excluding hydrogens is 728 g/mol. The third kappa shape index (κ3) is 6.67. The van der Waals surface area contributed by atoms with Crippen LogP contribution in [0.1, 0.15) is 25.8 Å². The molecule has 7 N–H and O–H groups in total. The molecule has 2 unspecified atom stereocenters. The van der Waals surface area contributed by atoms with E-state index in [0.29, 0.717) is 5.65 Å². The van der Waals surface area contributed by atoms with Crippen LogP contribution in [0.2, 0.25) is 0 Å². The standard InChI is InChI=1S/C22H26F2N10O10P2S2/c1-21(2-9(39-8-40-45(37)47)18(43-21)33-6-29-11-14(25)27-5-28-15(11)33)4-41-46(38,48)44-13-19(42-10(3-35)22(13,23)24)34-7-30-12-16(34)31-20(26)32-17(12)36/h5-7,9-10,13,18-19,35H,2-4,8H2,1H3,(H6-,25,26,27,28,31,32,36,37,38,47,48)/p+1/t9-,10-,13+,18-,19-,21-,46?/m1/s1. The Morgan fingerprint density at radius 3 is 2.62 bits per heavy atom. The van der Waals surface area contributed by atoms with Gasteiger partial charge in [0.05, 0.1) is 31.5 Å². The number of rotatable bonds is 12. The number of aliphatic hydroxyl groups is 1. The quantitative estimate of drug-likeness (QED) is 0.0665. The van der Waals surface area contributed by atoms with E-state index >= 15 is 8.78 Å². The van der Waals surface area contributed by atoms with E-state index in [0.717, 1.165) is 10.9 Å². The molecule has 48 heavy (non-hydrogen) atoms. The lowest BCUT2D eigenvalue weighted by Crippen LogP contribution is -2.42. The van der Waals surface area contributed by atoms with E-state index < -0.39 is 81.8 Å². The Labute approximate surface area is 278 Å². The Balaban J connectivity index is 1.23. The Kier molecular flexibility index (Phi) is 9.56. The van der Waals surface area contributed by atoms with Crippen molar-refractivity contribution in [2.24, 2.45) is 0 Å². The first kappa shape index (κ1) is 35.0. The van der Waals surface area contributed by atoms with E-state index in [-0.39, 0.29) is 34.9 Å². The molecule has 20 nitrogen and oxygen atoms in total. The van der Waals surface area contributed by atoms with Gasteiger partial charge in [0.2, 0.25) is 12.7 Å². The average molecular weight is 756 g/mol. The second kappa shape index (κ2) is 13.1. The molecule has 26 heteroatoms. The van der Waals surface area contributed by atoms with E-state index in [9.17, 15) is 19.4 Å². The number of nitrogens with one attached hydrogen (secondary N) is 1. The summed E-state index contributed by atoms with van der Waals surface area (Å²) in [6.45, 7) is -5.06. The van der Waals surface area contributed by atoms with Crippen LogP contribution in [0, 0.1) is 0 Å². The first-order valence-corrected chi connectivity index (χ1v) is 18.6. The van der Waals surface area contributed by atoms with Crippen LogP contribution < -0.4 is 17.0 Å². The monoisotopic (exact) mass is 755 g/mol. The number of thiol groups is 1. The Hall–Kier alpha value is -2.86. The number of nitrogens with two attached hydrogens (primary N) is 2. The van der Waals surface area contributed by atoms with E-state index in [1.165, 1.54) is 17.2 Å². The topological polar surface area (TPSA) is 272 Å². The maximum atomic E-state index is 15.6. The molecule has 2 aliphatic rings. The predicted molar refractivity (Wildman–Crippen MR) is 166 cm³/mol. The van der Waals surface area contributed by atoms with Crippen LogP contribution in [-0.4, -0.2) is 98.9 Å². The van der Waals surface area contributed by atoms with Gasteiger partial charge < -0.3 is 40.2 Å². The number of imidazole rings is 2. The lowest BCUT2D eigenvalue weighted by atomic mass is 10.0. The lowest BCUT2D eigenvalue weighted by Gasteiger charge is -2.30.